The van der Waals surface area contributed by atoms with Gasteiger partial charge in [-0.2, -0.15) is 0 Å². The van der Waals surface area contributed by atoms with E-state index >= 15 is 0 Å². The van der Waals surface area contributed by atoms with Gasteiger partial charge in [-0.05, 0) is 60.8 Å². The van der Waals surface area contributed by atoms with Gasteiger partial charge in [-0.3, -0.25) is 0 Å². The van der Waals surface area contributed by atoms with E-state index in [4.69, 9.17) is 16.3 Å². The number of ether oxygens (including phenoxy) is 1. The molecular formula is C18H22Cl2N2O. The molecule has 0 atom stereocenters. The smallest absolute Gasteiger partial charge is 0.118 e. The highest BCUT2D eigenvalue weighted by molar-refractivity contribution is 6.33. The second kappa shape index (κ2) is 8.44. The minimum Gasteiger partial charge on any atom is -0.497 e. The SMILES string of the molecule is COc1ccc(CNc2c(Cl)ccc3c2CCNCC3)cc1.Cl. The fourth-order valence-corrected chi connectivity index (χ4v) is 3.11. The fourth-order valence-electron chi connectivity index (χ4n) is 2.87. The lowest BCUT2D eigenvalue weighted by Gasteiger charge is -2.16. The summed E-state index contributed by atoms with van der Waals surface area (Å²) < 4.78 is 5.19. The van der Waals surface area contributed by atoms with Crippen LogP contribution in [0.25, 0.3) is 0 Å². The van der Waals surface area contributed by atoms with Crippen molar-refractivity contribution < 1.29 is 4.74 Å². The fraction of sp³-hybridized carbons (Fsp3) is 0.333. The molecule has 0 amide bonds. The van der Waals surface area contributed by atoms with Crippen molar-refractivity contribution in [3.05, 3.63) is 58.1 Å². The normalized spacial score (nSPS) is 13.5. The zero-order valence-corrected chi connectivity index (χ0v) is 14.8. The molecule has 0 saturated heterocycles. The molecule has 0 fully saturated rings. The molecule has 0 bridgehead atoms. The lowest BCUT2D eigenvalue weighted by molar-refractivity contribution is 0.414. The molecule has 2 aromatic rings. The Labute approximate surface area is 148 Å². The maximum atomic E-state index is 6.43. The minimum absolute atomic E-state index is 0. The third kappa shape index (κ3) is 4.31. The van der Waals surface area contributed by atoms with Gasteiger partial charge in [0, 0.05) is 6.54 Å². The molecule has 0 aliphatic carbocycles. The Morgan fingerprint density at radius 2 is 1.83 bits per heavy atom. The third-order valence-electron chi connectivity index (χ3n) is 4.11. The number of halogens is 2. The van der Waals surface area contributed by atoms with E-state index in [9.17, 15) is 0 Å². The summed E-state index contributed by atoms with van der Waals surface area (Å²) in [4.78, 5) is 0. The molecule has 0 spiro atoms. The van der Waals surface area contributed by atoms with Gasteiger partial charge in [0.25, 0.3) is 0 Å². The second-order valence-electron chi connectivity index (χ2n) is 5.51. The van der Waals surface area contributed by atoms with Crippen molar-refractivity contribution in [1.29, 1.82) is 0 Å². The molecule has 5 heteroatoms. The maximum absolute atomic E-state index is 6.43. The third-order valence-corrected chi connectivity index (χ3v) is 4.43. The largest absolute Gasteiger partial charge is 0.497 e. The van der Waals surface area contributed by atoms with Crippen molar-refractivity contribution in [3.8, 4) is 5.75 Å². The Kier molecular flexibility index (Phi) is 6.58. The number of fused-ring (bicyclic) bond motifs is 1. The van der Waals surface area contributed by atoms with Crippen LogP contribution in [-0.2, 0) is 19.4 Å². The molecule has 0 unspecified atom stereocenters. The summed E-state index contributed by atoms with van der Waals surface area (Å²) in [5.41, 5.74) is 5.04. The molecule has 3 nitrogen and oxygen atoms in total. The Morgan fingerprint density at radius 1 is 1.09 bits per heavy atom. The first-order chi connectivity index (χ1) is 10.8. The topological polar surface area (TPSA) is 33.3 Å². The molecule has 3 rings (SSSR count). The van der Waals surface area contributed by atoms with Crippen LogP contribution in [0.15, 0.2) is 36.4 Å². The van der Waals surface area contributed by atoms with Gasteiger partial charge in [0.1, 0.15) is 5.75 Å². The quantitative estimate of drug-likeness (QED) is 0.869. The van der Waals surface area contributed by atoms with Crippen molar-refractivity contribution in [2.75, 3.05) is 25.5 Å². The van der Waals surface area contributed by atoms with Gasteiger partial charge >= 0.3 is 0 Å². The van der Waals surface area contributed by atoms with E-state index < -0.39 is 0 Å². The number of hydrogen-bond donors (Lipinski definition) is 2. The van der Waals surface area contributed by atoms with E-state index in [1.807, 2.05) is 18.2 Å². The first-order valence-corrected chi connectivity index (χ1v) is 8.03. The zero-order valence-electron chi connectivity index (χ0n) is 13.2. The van der Waals surface area contributed by atoms with Gasteiger partial charge in [0.05, 0.1) is 17.8 Å². The molecule has 2 aromatic carbocycles. The molecule has 0 saturated carbocycles. The van der Waals surface area contributed by atoms with Gasteiger partial charge in [-0.1, -0.05) is 29.8 Å². The minimum atomic E-state index is 0. The van der Waals surface area contributed by atoms with Crippen molar-refractivity contribution in [2.24, 2.45) is 0 Å². The first-order valence-electron chi connectivity index (χ1n) is 7.65. The van der Waals surface area contributed by atoms with E-state index in [1.54, 1.807) is 7.11 Å². The highest BCUT2D eigenvalue weighted by atomic mass is 35.5. The van der Waals surface area contributed by atoms with Crippen molar-refractivity contribution >= 4 is 29.7 Å². The van der Waals surface area contributed by atoms with Crippen LogP contribution in [0.5, 0.6) is 5.75 Å². The second-order valence-corrected chi connectivity index (χ2v) is 5.92. The van der Waals surface area contributed by atoms with E-state index in [2.05, 4.69) is 28.8 Å². The molecule has 1 aliphatic heterocycles. The highest BCUT2D eigenvalue weighted by Crippen LogP contribution is 2.31. The summed E-state index contributed by atoms with van der Waals surface area (Å²) >= 11 is 6.43. The van der Waals surface area contributed by atoms with Crippen LogP contribution in [0, 0.1) is 0 Å². The van der Waals surface area contributed by atoms with Gasteiger partial charge in [0.15, 0.2) is 0 Å². The summed E-state index contributed by atoms with van der Waals surface area (Å²) in [7, 11) is 1.68. The lowest BCUT2D eigenvalue weighted by Crippen LogP contribution is -2.16. The van der Waals surface area contributed by atoms with Crippen LogP contribution in [0.3, 0.4) is 0 Å². The highest BCUT2D eigenvalue weighted by Gasteiger charge is 2.14. The summed E-state index contributed by atoms with van der Waals surface area (Å²) in [6.07, 6.45) is 2.07. The number of benzene rings is 2. The van der Waals surface area contributed by atoms with Crippen molar-refractivity contribution in [1.82, 2.24) is 5.32 Å². The van der Waals surface area contributed by atoms with Gasteiger partial charge in [-0.25, -0.2) is 0 Å². The van der Waals surface area contributed by atoms with Crippen LogP contribution in [0.2, 0.25) is 5.02 Å². The predicted octanol–water partition coefficient (Wildman–Crippen LogP) is 4.07. The number of hydrogen-bond acceptors (Lipinski definition) is 3. The molecule has 124 valence electrons. The molecule has 23 heavy (non-hydrogen) atoms. The molecule has 0 aromatic heterocycles. The summed E-state index contributed by atoms with van der Waals surface area (Å²) in [5, 5.41) is 7.76. The standard InChI is InChI=1S/C18H21ClN2O.ClH/c1-22-15-5-2-13(3-6-15)12-21-18-16-9-11-20-10-8-14(16)4-7-17(18)19;/h2-7,20-21H,8-12H2,1H3;1H. The first kappa shape index (κ1) is 17.9. The lowest BCUT2D eigenvalue weighted by atomic mass is 10.0. The number of methoxy groups -OCH3 is 1. The van der Waals surface area contributed by atoms with Gasteiger partial charge in [0.2, 0.25) is 0 Å². The Bertz CT molecular complexity index is 644. The number of anilines is 1. The maximum Gasteiger partial charge on any atom is 0.118 e. The van der Waals surface area contributed by atoms with E-state index in [1.165, 1.54) is 16.7 Å². The molecule has 0 radical (unpaired) electrons. The zero-order chi connectivity index (χ0) is 15.4. The molecule has 2 N–H and O–H groups in total. The Hall–Kier alpha value is -1.42. The van der Waals surface area contributed by atoms with E-state index in [0.717, 1.165) is 48.9 Å². The van der Waals surface area contributed by atoms with Crippen molar-refractivity contribution in [2.45, 2.75) is 19.4 Å². The van der Waals surface area contributed by atoms with Gasteiger partial charge < -0.3 is 15.4 Å². The van der Waals surface area contributed by atoms with Crippen LogP contribution in [0.1, 0.15) is 16.7 Å². The van der Waals surface area contributed by atoms with E-state index in [0.29, 0.717) is 0 Å². The van der Waals surface area contributed by atoms with E-state index in [-0.39, 0.29) is 12.4 Å². The Morgan fingerprint density at radius 3 is 2.57 bits per heavy atom. The summed E-state index contributed by atoms with van der Waals surface area (Å²) in [6, 6.07) is 12.3. The van der Waals surface area contributed by atoms with Crippen LogP contribution < -0.4 is 15.4 Å². The van der Waals surface area contributed by atoms with Crippen molar-refractivity contribution in [3.63, 3.8) is 0 Å². The van der Waals surface area contributed by atoms with Crippen LogP contribution in [-0.4, -0.2) is 20.2 Å². The van der Waals surface area contributed by atoms with Crippen LogP contribution in [0.4, 0.5) is 5.69 Å². The average Bonchev–Trinajstić information content (AvgIpc) is 2.80. The monoisotopic (exact) mass is 352 g/mol. The predicted molar refractivity (Wildman–Crippen MR) is 99.3 cm³/mol. The average molecular weight is 353 g/mol. The summed E-state index contributed by atoms with van der Waals surface area (Å²) in [6.45, 7) is 2.80. The van der Waals surface area contributed by atoms with Gasteiger partial charge in [-0.15, -0.1) is 12.4 Å². The molecular weight excluding hydrogens is 331 g/mol. The molecule has 1 heterocycles. The Balaban J connectivity index is 0.00000192. The molecule has 1 aliphatic rings. The van der Waals surface area contributed by atoms with Crippen LogP contribution >= 0.6 is 24.0 Å². The summed E-state index contributed by atoms with van der Waals surface area (Å²) in [5.74, 6) is 0.876. The number of rotatable bonds is 4. The number of nitrogens with one attached hydrogen (secondary N) is 2.